The molecule has 0 atom stereocenters. The number of pyridine rings is 1. The summed E-state index contributed by atoms with van der Waals surface area (Å²) in [5, 5.41) is 9.23. The number of carbonyl (C=O) groups excluding carboxylic acids is 1. The molecule has 3 aromatic heterocycles. The van der Waals surface area contributed by atoms with E-state index < -0.39 is 0 Å². The molecule has 6 nitrogen and oxygen atoms in total. The Bertz CT molecular complexity index is 998. The molecule has 0 N–H and O–H groups in total. The Hall–Kier alpha value is -3.41. The van der Waals surface area contributed by atoms with Gasteiger partial charge in [0.25, 0.3) is 0 Å². The fraction of sp³-hybridized carbons (Fsp3) is 0.0556. The molecule has 116 valence electrons. The van der Waals surface area contributed by atoms with Crippen LogP contribution in [0, 0.1) is 0 Å². The van der Waals surface area contributed by atoms with Crippen molar-refractivity contribution in [3.8, 4) is 11.3 Å². The highest BCUT2D eigenvalue weighted by atomic mass is 16.3. The van der Waals surface area contributed by atoms with Crippen LogP contribution in [0.5, 0.6) is 0 Å². The number of Topliss-reactive ketones (excluding diaryl/α,β-unsaturated/α-hetero) is 1. The molecular formula is C18H12N4O2. The van der Waals surface area contributed by atoms with Gasteiger partial charge in [-0.15, -0.1) is 0 Å². The Kier molecular flexibility index (Phi) is 3.55. The molecule has 4 rings (SSSR count). The maximum atomic E-state index is 12.3. The monoisotopic (exact) mass is 316 g/mol. The summed E-state index contributed by atoms with van der Waals surface area (Å²) >= 11 is 0. The third kappa shape index (κ3) is 2.77. The van der Waals surface area contributed by atoms with E-state index in [0.29, 0.717) is 17.0 Å². The van der Waals surface area contributed by atoms with Gasteiger partial charge in [0.2, 0.25) is 0 Å². The molecule has 0 saturated heterocycles. The van der Waals surface area contributed by atoms with E-state index in [4.69, 9.17) is 4.42 Å². The lowest BCUT2D eigenvalue weighted by molar-refractivity contribution is 0.0991. The molecule has 24 heavy (non-hydrogen) atoms. The van der Waals surface area contributed by atoms with E-state index in [2.05, 4.69) is 20.2 Å². The molecule has 3 heterocycles. The van der Waals surface area contributed by atoms with Crippen molar-refractivity contribution >= 4 is 16.7 Å². The summed E-state index contributed by atoms with van der Waals surface area (Å²) in [6, 6.07) is 11.0. The molecule has 0 radical (unpaired) electrons. The topological polar surface area (TPSA) is 81.8 Å². The quantitative estimate of drug-likeness (QED) is 0.538. The number of oxazole rings is 1. The maximum absolute atomic E-state index is 12.3. The molecule has 0 unspecified atom stereocenters. The van der Waals surface area contributed by atoms with Gasteiger partial charge in [0, 0.05) is 28.9 Å². The first kappa shape index (κ1) is 14.2. The molecule has 6 heteroatoms. The number of nitrogens with zero attached hydrogens (tertiary/aromatic N) is 4. The molecule has 0 amide bonds. The zero-order valence-electron chi connectivity index (χ0n) is 12.6. The number of carbonyl (C=O) groups is 1. The summed E-state index contributed by atoms with van der Waals surface area (Å²) in [6.07, 6.45) is 6.44. The van der Waals surface area contributed by atoms with E-state index in [1.165, 1.54) is 6.39 Å². The van der Waals surface area contributed by atoms with Crippen LogP contribution in [0.1, 0.15) is 16.1 Å². The molecule has 0 aliphatic rings. The molecule has 0 aliphatic carbocycles. The van der Waals surface area contributed by atoms with Gasteiger partial charge in [-0.3, -0.25) is 9.78 Å². The van der Waals surface area contributed by atoms with Crippen LogP contribution in [-0.4, -0.2) is 25.9 Å². The molecule has 0 aliphatic heterocycles. The Morgan fingerprint density at radius 1 is 1.00 bits per heavy atom. The van der Waals surface area contributed by atoms with Crippen LogP contribution < -0.4 is 0 Å². The van der Waals surface area contributed by atoms with Crippen molar-refractivity contribution in [1.82, 2.24) is 20.2 Å². The minimum atomic E-state index is -0.0163. The Labute approximate surface area is 137 Å². The zero-order valence-corrected chi connectivity index (χ0v) is 12.6. The number of ketones is 1. The van der Waals surface area contributed by atoms with Crippen molar-refractivity contribution in [2.24, 2.45) is 0 Å². The van der Waals surface area contributed by atoms with Crippen molar-refractivity contribution in [2.75, 3.05) is 0 Å². The third-order valence-electron chi connectivity index (χ3n) is 3.70. The SMILES string of the molecule is O=C(Cc1cc2cc(-c3cnco3)ccc2nn1)c1ccncc1. The fourth-order valence-electron chi connectivity index (χ4n) is 2.49. The van der Waals surface area contributed by atoms with Crippen LogP contribution in [0.25, 0.3) is 22.2 Å². The van der Waals surface area contributed by atoms with Gasteiger partial charge in [-0.05, 0) is 36.4 Å². The predicted octanol–water partition coefficient (Wildman–Crippen LogP) is 3.11. The lowest BCUT2D eigenvalue weighted by Gasteiger charge is -2.03. The maximum Gasteiger partial charge on any atom is 0.181 e. The molecule has 0 spiro atoms. The second-order valence-corrected chi connectivity index (χ2v) is 5.31. The van der Waals surface area contributed by atoms with Gasteiger partial charge in [0.05, 0.1) is 23.8 Å². The van der Waals surface area contributed by atoms with Gasteiger partial charge in [-0.25, -0.2) is 4.98 Å². The van der Waals surface area contributed by atoms with Crippen LogP contribution in [0.2, 0.25) is 0 Å². The summed E-state index contributed by atoms with van der Waals surface area (Å²) in [5.74, 6) is 0.667. The first-order valence-electron chi connectivity index (χ1n) is 7.38. The van der Waals surface area contributed by atoms with Crippen LogP contribution >= 0.6 is 0 Å². The van der Waals surface area contributed by atoms with Crippen LogP contribution in [0.3, 0.4) is 0 Å². The summed E-state index contributed by atoms with van der Waals surface area (Å²) in [4.78, 5) is 20.1. The smallest absolute Gasteiger partial charge is 0.181 e. The van der Waals surface area contributed by atoms with Gasteiger partial charge < -0.3 is 4.42 Å². The molecule has 4 aromatic rings. The number of benzene rings is 1. The Morgan fingerprint density at radius 3 is 2.67 bits per heavy atom. The highest BCUT2D eigenvalue weighted by Gasteiger charge is 2.10. The molecule has 1 aromatic carbocycles. The standard InChI is InChI=1S/C18H12N4O2/c23-17(12-3-5-19-6-4-12)9-15-8-14-7-13(18-10-20-11-24-18)1-2-16(14)22-21-15/h1-8,10-11H,9H2. The molecule has 0 fully saturated rings. The zero-order chi connectivity index (χ0) is 16.4. The summed E-state index contributed by atoms with van der Waals surface area (Å²) in [5.41, 5.74) is 2.90. The Balaban J connectivity index is 1.66. The lowest BCUT2D eigenvalue weighted by atomic mass is 10.1. The van der Waals surface area contributed by atoms with E-state index in [1.54, 1.807) is 30.7 Å². The average Bonchev–Trinajstić information content (AvgIpc) is 3.16. The van der Waals surface area contributed by atoms with Crippen molar-refractivity contribution in [3.05, 3.63) is 72.6 Å². The van der Waals surface area contributed by atoms with Gasteiger partial charge in [0.1, 0.15) is 0 Å². The Morgan fingerprint density at radius 2 is 1.88 bits per heavy atom. The first-order valence-corrected chi connectivity index (χ1v) is 7.38. The summed E-state index contributed by atoms with van der Waals surface area (Å²) < 4.78 is 5.31. The van der Waals surface area contributed by atoms with E-state index in [0.717, 1.165) is 16.5 Å². The number of fused-ring (bicyclic) bond motifs is 1. The highest BCUT2D eigenvalue weighted by molar-refractivity contribution is 5.97. The van der Waals surface area contributed by atoms with E-state index in [-0.39, 0.29) is 12.2 Å². The normalized spacial score (nSPS) is 10.8. The third-order valence-corrected chi connectivity index (χ3v) is 3.70. The van der Waals surface area contributed by atoms with E-state index >= 15 is 0 Å². The van der Waals surface area contributed by atoms with Crippen molar-refractivity contribution < 1.29 is 9.21 Å². The van der Waals surface area contributed by atoms with Crippen LogP contribution in [-0.2, 0) is 6.42 Å². The van der Waals surface area contributed by atoms with E-state index in [9.17, 15) is 4.79 Å². The van der Waals surface area contributed by atoms with Crippen molar-refractivity contribution in [3.63, 3.8) is 0 Å². The first-order chi connectivity index (χ1) is 11.8. The minimum absolute atomic E-state index is 0.0163. The minimum Gasteiger partial charge on any atom is -0.444 e. The molecule has 0 bridgehead atoms. The van der Waals surface area contributed by atoms with Gasteiger partial charge >= 0.3 is 0 Å². The van der Waals surface area contributed by atoms with Crippen molar-refractivity contribution in [1.29, 1.82) is 0 Å². The number of aromatic nitrogens is 4. The van der Waals surface area contributed by atoms with E-state index in [1.807, 2.05) is 24.3 Å². The van der Waals surface area contributed by atoms with Gasteiger partial charge in [0.15, 0.2) is 17.9 Å². The number of hydrogen-bond acceptors (Lipinski definition) is 6. The van der Waals surface area contributed by atoms with Crippen molar-refractivity contribution in [2.45, 2.75) is 6.42 Å². The predicted molar refractivity (Wildman–Crippen MR) is 87.3 cm³/mol. The van der Waals surface area contributed by atoms with Gasteiger partial charge in [-0.2, -0.15) is 10.2 Å². The van der Waals surface area contributed by atoms with Gasteiger partial charge in [-0.1, -0.05) is 0 Å². The fourth-order valence-corrected chi connectivity index (χ4v) is 2.49. The summed E-state index contributed by atoms with van der Waals surface area (Å²) in [7, 11) is 0. The molecular weight excluding hydrogens is 304 g/mol. The van der Waals surface area contributed by atoms with Crippen LogP contribution in [0.4, 0.5) is 0 Å². The number of rotatable bonds is 4. The summed E-state index contributed by atoms with van der Waals surface area (Å²) in [6.45, 7) is 0. The van der Waals surface area contributed by atoms with Crippen LogP contribution in [0.15, 0.2) is 65.8 Å². The largest absolute Gasteiger partial charge is 0.444 e. The number of hydrogen-bond donors (Lipinski definition) is 0. The highest BCUT2D eigenvalue weighted by Crippen LogP contribution is 2.23. The average molecular weight is 316 g/mol. The second kappa shape index (κ2) is 6.00. The molecule has 0 saturated carbocycles. The second-order valence-electron chi connectivity index (χ2n) is 5.31. The lowest BCUT2D eigenvalue weighted by Crippen LogP contribution is -2.06.